The fourth-order valence-corrected chi connectivity index (χ4v) is 3.56. The molecule has 0 unspecified atom stereocenters. The summed E-state index contributed by atoms with van der Waals surface area (Å²) in [7, 11) is 4.83. The molecule has 0 radical (unpaired) electrons. The van der Waals surface area contributed by atoms with Gasteiger partial charge in [0.25, 0.3) is 5.91 Å². The molecular weight excluding hydrogens is 440 g/mol. The minimum Gasteiger partial charge on any atom is -0.495 e. The van der Waals surface area contributed by atoms with Crippen LogP contribution in [0.5, 0.6) is 5.75 Å². The third-order valence-electron chi connectivity index (χ3n) is 5.07. The summed E-state index contributed by atoms with van der Waals surface area (Å²) in [5.41, 5.74) is 4.49. The van der Waals surface area contributed by atoms with Crippen LogP contribution in [0.3, 0.4) is 0 Å². The van der Waals surface area contributed by atoms with Gasteiger partial charge in [-0.2, -0.15) is 5.10 Å². The second-order valence-electron chi connectivity index (χ2n) is 7.87. The zero-order chi connectivity index (χ0) is 24.1. The summed E-state index contributed by atoms with van der Waals surface area (Å²) in [6.07, 6.45) is 3.01. The van der Waals surface area contributed by atoms with E-state index in [9.17, 15) is 9.59 Å². The number of amides is 2. The molecule has 0 aliphatic rings. The molecule has 1 heterocycles. The van der Waals surface area contributed by atoms with E-state index in [-0.39, 0.29) is 11.8 Å². The van der Waals surface area contributed by atoms with Crippen LogP contribution in [0.25, 0.3) is 6.08 Å². The topological polar surface area (TPSA) is 76.5 Å². The first kappa shape index (κ1) is 24.1. The Kier molecular flexibility index (Phi) is 7.55. The number of anilines is 1. The predicted molar refractivity (Wildman–Crippen MR) is 131 cm³/mol. The van der Waals surface area contributed by atoms with Crippen molar-refractivity contribution in [3.63, 3.8) is 0 Å². The van der Waals surface area contributed by atoms with Gasteiger partial charge in [-0.25, -0.2) is 4.68 Å². The summed E-state index contributed by atoms with van der Waals surface area (Å²) in [6, 6.07) is 13.0. The monoisotopic (exact) mass is 466 g/mol. The fraction of sp³-hybridized carbons (Fsp3) is 0.240. The molecule has 0 atom stereocenters. The van der Waals surface area contributed by atoms with Crippen LogP contribution in [-0.4, -0.2) is 47.7 Å². The van der Waals surface area contributed by atoms with Crippen LogP contribution in [0.1, 0.15) is 32.7 Å². The number of carbonyl (C=O) groups is 2. The second kappa shape index (κ2) is 10.4. The molecule has 3 aromatic rings. The van der Waals surface area contributed by atoms with E-state index in [1.54, 1.807) is 43.1 Å². The molecule has 1 N–H and O–H groups in total. The van der Waals surface area contributed by atoms with E-state index < -0.39 is 0 Å². The minimum atomic E-state index is -0.385. The van der Waals surface area contributed by atoms with Gasteiger partial charge in [0, 0.05) is 31.3 Å². The van der Waals surface area contributed by atoms with Crippen LogP contribution >= 0.6 is 11.6 Å². The highest BCUT2D eigenvalue weighted by Crippen LogP contribution is 2.27. The van der Waals surface area contributed by atoms with E-state index in [0.29, 0.717) is 40.0 Å². The van der Waals surface area contributed by atoms with Crippen LogP contribution in [-0.2, 0) is 11.3 Å². The standard InChI is InChI=1S/C25H27ClN4O3/c1-16-6-8-18(9-7-16)15-30-24(26)20(17(2)28-30)11-13-23(31)27-21-14-19(25(32)29(3)4)10-12-22(21)33-5/h6-14H,15H2,1-5H3,(H,27,31). The third kappa shape index (κ3) is 5.81. The Morgan fingerprint density at radius 1 is 1.15 bits per heavy atom. The molecule has 1 aromatic heterocycles. The second-order valence-corrected chi connectivity index (χ2v) is 8.23. The lowest BCUT2D eigenvalue weighted by Gasteiger charge is -2.14. The summed E-state index contributed by atoms with van der Waals surface area (Å²) >= 11 is 6.54. The van der Waals surface area contributed by atoms with E-state index >= 15 is 0 Å². The number of hydrogen-bond donors (Lipinski definition) is 1. The van der Waals surface area contributed by atoms with E-state index in [2.05, 4.69) is 10.4 Å². The molecule has 0 bridgehead atoms. The van der Waals surface area contributed by atoms with Gasteiger partial charge in [0.15, 0.2) is 0 Å². The van der Waals surface area contributed by atoms with Crippen LogP contribution in [0.2, 0.25) is 5.15 Å². The number of carbonyl (C=O) groups excluding carboxylic acids is 2. The van der Waals surface area contributed by atoms with Crippen LogP contribution < -0.4 is 10.1 Å². The minimum absolute atomic E-state index is 0.174. The number of rotatable bonds is 7. The molecule has 2 amide bonds. The van der Waals surface area contributed by atoms with Crippen molar-refractivity contribution >= 4 is 35.2 Å². The molecule has 2 aromatic carbocycles. The van der Waals surface area contributed by atoms with Crippen molar-refractivity contribution < 1.29 is 14.3 Å². The first-order valence-electron chi connectivity index (χ1n) is 10.4. The van der Waals surface area contributed by atoms with Crippen molar-refractivity contribution in [1.82, 2.24) is 14.7 Å². The number of nitrogens with zero attached hydrogens (tertiary/aromatic N) is 3. The highest BCUT2D eigenvalue weighted by atomic mass is 35.5. The zero-order valence-electron chi connectivity index (χ0n) is 19.3. The first-order chi connectivity index (χ1) is 15.7. The van der Waals surface area contributed by atoms with Gasteiger partial charge in [0.2, 0.25) is 5.91 Å². The summed E-state index contributed by atoms with van der Waals surface area (Å²) in [4.78, 5) is 26.3. The quantitative estimate of drug-likeness (QED) is 0.518. The normalized spacial score (nSPS) is 11.0. The molecule has 0 aliphatic carbocycles. The van der Waals surface area contributed by atoms with Gasteiger partial charge in [0.05, 0.1) is 25.0 Å². The molecule has 172 valence electrons. The van der Waals surface area contributed by atoms with Gasteiger partial charge in [-0.05, 0) is 43.7 Å². The Hall–Kier alpha value is -3.58. The maximum atomic E-state index is 12.6. The van der Waals surface area contributed by atoms with Gasteiger partial charge in [-0.1, -0.05) is 41.4 Å². The maximum Gasteiger partial charge on any atom is 0.253 e. The Bertz CT molecular complexity index is 1200. The van der Waals surface area contributed by atoms with Gasteiger partial charge >= 0.3 is 0 Å². The van der Waals surface area contributed by atoms with Crippen LogP contribution in [0.15, 0.2) is 48.5 Å². The Labute approximate surface area is 198 Å². The molecule has 33 heavy (non-hydrogen) atoms. The van der Waals surface area contributed by atoms with Crippen molar-refractivity contribution in [3.05, 3.63) is 81.6 Å². The number of hydrogen-bond acceptors (Lipinski definition) is 4. The lowest BCUT2D eigenvalue weighted by Crippen LogP contribution is -2.22. The van der Waals surface area contributed by atoms with Gasteiger partial charge < -0.3 is 15.0 Å². The van der Waals surface area contributed by atoms with E-state index in [1.165, 1.54) is 23.6 Å². The third-order valence-corrected chi connectivity index (χ3v) is 5.47. The number of aromatic nitrogens is 2. The van der Waals surface area contributed by atoms with Gasteiger partial charge in [-0.15, -0.1) is 0 Å². The Morgan fingerprint density at radius 2 is 1.85 bits per heavy atom. The SMILES string of the molecule is COc1ccc(C(=O)N(C)C)cc1NC(=O)C=Cc1c(C)nn(Cc2ccc(C)cc2)c1Cl. The highest BCUT2D eigenvalue weighted by Gasteiger charge is 2.14. The molecule has 0 spiro atoms. The lowest BCUT2D eigenvalue weighted by molar-refractivity contribution is -0.111. The van der Waals surface area contributed by atoms with E-state index in [4.69, 9.17) is 16.3 Å². The van der Waals surface area contributed by atoms with Crippen LogP contribution in [0.4, 0.5) is 5.69 Å². The number of aryl methyl sites for hydroxylation is 2. The molecule has 8 heteroatoms. The van der Waals surface area contributed by atoms with Crippen molar-refractivity contribution in [1.29, 1.82) is 0 Å². The number of benzene rings is 2. The highest BCUT2D eigenvalue weighted by molar-refractivity contribution is 6.31. The number of ether oxygens (including phenoxy) is 1. The number of methoxy groups -OCH3 is 1. The maximum absolute atomic E-state index is 12.6. The van der Waals surface area contributed by atoms with Crippen LogP contribution in [0, 0.1) is 13.8 Å². The summed E-state index contributed by atoms with van der Waals surface area (Å²) in [6.45, 7) is 4.41. The van der Waals surface area contributed by atoms with Crippen molar-refractivity contribution in [2.24, 2.45) is 0 Å². The smallest absolute Gasteiger partial charge is 0.253 e. The van der Waals surface area contributed by atoms with Gasteiger partial charge in [0.1, 0.15) is 10.9 Å². The average Bonchev–Trinajstić information content (AvgIpc) is 3.05. The van der Waals surface area contributed by atoms with E-state index in [1.807, 2.05) is 38.1 Å². The van der Waals surface area contributed by atoms with Crippen molar-refractivity contribution in [2.45, 2.75) is 20.4 Å². The molecule has 0 saturated carbocycles. The fourth-order valence-electron chi connectivity index (χ4n) is 3.26. The zero-order valence-corrected chi connectivity index (χ0v) is 20.1. The molecule has 3 rings (SSSR count). The molecule has 7 nitrogen and oxygen atoms in total. The van der Waals surface area contributed by atoms with Crippen molar-refractivity contribution in [2.75, 3.05) is 26.5 Å². The largest absolute Gasteiger partial charge is 0.495 e. The van der Waals surface area contributed by atoms with E-state index in [0.717, 1.165) is 5.56 Å². The van der Waals surface area contributed by atoms with Crippen molar-refractivity contribution in [3.8, 4) is 5.75 Å². The predicted octanol–water partition coefficient (Wildman–Crippen LogP) is 4.56. The van der Waals surface area contributed by atoms with Gasteiger partial charge in [-0.3, -0.25) is 9.59 Å². The molecular formula is C25H27ClN4O3. The lowest BCUT2D eigenvalue weighted by atomic mass is 10.1. The number of halogens is 1. The summed E-state index contributed by atoms with van der Waals surface area (Å²) in [5, 5.41) is 7.72. The number of nitrogens with one attached hydrogen (secondary N) is 1. The first-order valence-corrected chi connectivity index (χ1v) is 10.7. The molecule has 0 aliphatic heterocycles. The average molecular weight is 467 g/mol. The summed E-state index contributed by atoms with van der Waals surface area (Å²) in [5.74, 6) is -0.108. The Morgan fingerprint density at radius 3 is 2.48 bits per heavy atom. The summed E-state index contributed by atoms with van der Waals surface area (Å²) < 4.78 is 7.02. The molecule has 0 saturated heterocycles. The Balaban J connectivity index is 1.77. The molecule has 0 fully saturated rings.